The Balaban J connectivity index is 1.92. The minimum Gasteiger partial charge on any atom is -0.476 e. The van der Waals surface area contributed by atoms with E-state index in [1.54, 1.807) is 42.7 Å². The highest BCUT2D eigenvalue weighted by Gasteiger charge is 2.42. The van der Waals surface area contributed by atoms with E-state index < -0.39 is 17.3 Å². The second-order valence-corrected chi connectivity index (χ2v) is 12.5. The summed E-state index contributed by atoms with van der Waals surface area (Å²) in [6.45, 7) is 15.8. The summed E-state index contributed by atoms with van der Waals surface area (Å²) in [5.41, 5.74) is -1.10. The SMILES string of the molecule is CCC(=O)NCCN1C(=O)C(C)(C)Oc2cc(Cl)c(C(=O)N(C(C)C)[C@@H]3CCCN(C(=O)OC(C)(C)C)C3)cc21. The first-order valence-corrected chi connectivity index (χ1v) is 14.3. The number of halogens is 1. The molecule has 0 saturated carbocycles. The summed E-state index contributed by atoms with van der Waals surface area (Å²) in [5.74, 6) is -0.312. The number of fused-ring (bicyclic) bond motifs is 1. The van der Waals surface area contributed by atoms with Gasteiger partial charge in [-0.2, -0.15) is 0 Å². The van der Waals surface area contributed by atoms with Crippen LogP contribution in [0.2, 0.25) is 5.02 Å². The van der Waals surface area contributed by atoms with Gasteiger partial charge in [-0.1, -0.05) is 18.5 Å². The number of likely N-dealkylation sites (tertiary alicyclic amines) is 1. The number of piperidine rings is 1. The molecule has 40 heavy (non-hydrogen) atoms. The van der Waals surface area contributed by atoms with Crippen LogP contribution in [0.15, 0.2) is 12.1 Å². The second kappa shape index (κ2) is 12.2. The van der Waals surface area contributed by atoms with Crippen LogP contribution in [0.4, 0.5) is 10.5 Å². The van der Waals surface area contributed by atoms with Crippen molar-refractivity contribution < 1.29 is 28.7 Å². The zero-order chi connectivity index (χ0) is 30.0. The monoisotopic (exact) mass is 578 g/mol. The van der Waals surface area contributed by atoms with E-state index in [0.29, 0.717) is 30.9 Å². The molecular weight excluding hydrogens is 536 g/mol. The molecule has 11 heteroatoms. The van der Waals surface area contributed by atoms with Crippen LogP contribution in [0.1, 0.15) is 85.0 Å². The summed E-state index contributed by atoms with van der Waals surface area (Å²) in [5, 5.41) is 3.00. The van der Waals surface area contributed by atoms with Crippen molar-refractivity contribution in [2.24, 2.45) is 0 Å². The average Bonchev–Trinajstić information content (AvgIpc) is 2.84. The summed E-state index contributed by atoms with van der Waals surface area (Å²) in [7, 11) is 0. The van der Waals surface area contributed by atoms with E-state index in [9.17, 15) is 19.2 Å². The third-order valence-corrected chi connectivity index (χ3v) is 7.22. The van der Waals surface area contributed by atoms with E-state index in [-0.39, 0.29) is 53.5 Å². The quantitative estimate of drug-likeness (QED) is 0.506. The van der Waals surface area contributed by atoms with Crippen molar-refractivity contribution in [1.29, 1.82) is 0 Å². The van der Waals surface area contributed by atoms with Crippen LogP contribution in [0.25, 0.3) is 0 Å². The molecule has 1 saturated heterocycles. The Bertz CT molecular complexity index is 1150. The van der Waals surface area contributed by atoms with E-state index in [4.69, 9.17) is 21.1 Å². The third-order valence-electron chi connectivity index (χ3n) is 6.91. The Labute approximate surface area is 242 Å². The molecule has 2 heterocycles. The predicted octanol–water partition coefficient (Wildman–Crippen LogP) is 4.62. The lowest BCUT2D eigenvalue weighted by Gasteiger charge is -2.42. The predicted molar refractivity (Wildman–Crippen MR) is 154 cm³/mol. The highest BCUT2D eigenvalue weighted by molar-refractivity contribution is 6.34. The van der Waals surface area contributed by atoms with Gasteiger partial charge in [0.15, 0.2) is 5.60 Å². The van der Waals surface area contributed by atoms with Gasteiger partial charge in [0.25, 0.3) is 11.8 Å². The number of nitrogens with one attached hydrogen (secondary N) is 1. The number of carbonyl (C=O) groups is 4. The van der Waals surface area contributed by atoms with Gasteiger partial charge in [-0.15, -0.1) is 0 Å². The Morgan fingerprint density at radius 1 is 1.25 bits per heavy atom. The summed E-state index contributed by atoms with van der Waals surface area (Å²) in [4.78, 5) is 56.9. The first-order valence-electron chi connectivity index (χ1n) is 14.0. The van der Waals surface area contributed by atoms with Crippen molar-refractivity contribution in [3.05, 3.63) is 22.7 Å². The van der Waals surface area contributed by atoms with Crippen LogP contribution < -0.4 is 15.0 Å². The molecule has 0 spiro atoms. The van der Waals surface area contributed by atoms with E-state index in [1.165, 1.54) is 4.90 Å². The molecule has 1 aromatic carbocycles. The molecule has 1 aromatic rings. The number of carbonyl (C=O) groups excluding carboxylic acids is 4. The van der Waals surface area contributed by atoms with Gasteiger partial charge in [-0.05, 0) is 67.4 Å². The number of benzene rings is 1. The van der Waals surface area contributed by atoms with Gasteiger partial charge in [0.1, 0.15) is 11.4 Å². The second-order valence-electron chi connectivity index (χ2n) is 12.1. The molecule has 4 amide bonds. The maximum absolute atomic E-state index is 14.1. The molecule has 0 unspecified atom stereocenters. The number of nitrogens with zero attached hydrogens (tertiary/aromatic N) is 3. The number of hydrogen-bond donors (Lipinski definition) is 1. The molecule has 2 aliphatic heterocycles. The lowest BCUT2D eigenvalue weighted by atomic mass is 9.99. The molecule has 1 N–H and O–H groups in total. The van der Waals surface area contributed by atoms with Crippen molar-refractivity contribution in [3.8, 4) is 5.75 Å². The van der Waals surface area contributed by atoms with Gasteiger partial charge in [0, 0.05) is 44.7 Å². The molecular formula is C29H43ClN4O6. The van der Waals surface area contributed by atoms with E-state index >= 15 is 0 Å². The number of amides is 4. The standard InChI is InChI=1S/C29H43ClN4O6/c1-9-24(35)31-12-14-33-22-15-20(21(30)16-23(22)39-29(7,8)26(33)37)25(36)34(18(2)3)19-11-10-13-32(17-19)27(38)40-28(4,5)6/h15-16,18-19H,9-14,17H2,1-8H3,(H,31,35)/t19-/m1/s1. The zero-order valence-electron chi connectivity index (χ0n) is 24.9. The zero-order valence-corrected chi connectivity index (χ0v) is 25.7. The van der Waals surface area contributed by atoms with Crippen LogP contribution in [0, 0.1) is 0 Å². The van der Waals surface area contributed by atoms with Crippen molar-refractivity contribution in [3.63, 3.8) is 0 Å². The largest absolute Gasteiger partial charge is 0.476 e. The molecule has 0 radical (unpaired) electrons. The number of hydrogen-bond acceptors (Lipinski definition) is 6. The smallest absolute Gasteiger partial charge is 0.410 e. The lowest BCUT2D eigenvalue weighted by molar-refractivity contribution is -0.132. The van der Waals surface area contributed by atoms with Gasteiger partial charge in [0.05, 0.1) is 22.3 Å². The molecule has 10 nitrogen and oxygen atoms in total. The molecule has 3 rings (SSSR count). The van der Waals surface area contributed by atoms with E-state index in [1.807, 2.05) is 34.6 Å². The fraction of sp³-hybridized carbons (Fsp3) is 0.655. The topological polar surface area (TPSA) is 108 Å². The van der Waals surface area contributed by atoms with Crippen molar-refractivity contribution in [1.82, 2.24) is 15.1 Å². The summed E-state index contributed by atoms with van der Waals surface area (Å²) in [6, 6.07) is 2.75. The molecule has 0 aliphatic carbocycles. The highest BCUT2D eigenvalue weighted by atomic mass is 35.5. The summed E-state index contributed by atoms with van der Waals surface area (Å²) >= 11 is 6.66. The Kier molecular flexibility index (Phi) is 9.65. The molecule has 222 valence electrons. The Morgan fingerprint density at radius 3 is 2.52 bits per heavy atom. The van der Waals surface area contributed by atoms with Gasteiger partial charge >= 0.3 is 6.09 Å². The lowest BCUT2D eigenvalue weighted by Crippen LogP contribution is -2.55. The average molecular weight is 579 g/mol. The van der Waals surface area contributed by atoms with Gasteiger partial charge in [0.2, 0.25) is 5.91 Å². The first-order chi connectivity index (χ1) is 18.6. The molecule has 1 fully saturated rings. The molecule has 1 atom stereocenters. The number of rotatable bonds is 7. The highest BCUT2D eigenvalue weighted by Crippen LogP contribution is 2.41. The minimum absolute atomic E-state index is 0.118. The van der Waals surface area contributed by atoms with Crippen LogP contribution in [0.3, 0.4) is 0 Å². The van der Waals surface area contributed by atoms with Gasteiger partial charge < -0.3 is 29.5 Å². The number of ether oxygens (including phenoxy) is 2. The van der Waals surface area contributed by atoms with Crippen LogP contribution in [-0.4, -0.2) is 83.1 Å². The molecule has 0 bridgehead atoms. The first kappa shape index (κ1) is 31.5. The van der Waals surface area contributed by atoms with Crippen LogP contribution in [-0.2, 0) is 14.3 Å². The fourth-order valence-electron chi connectivity index (χ4n) is 5.04. The van der Waals surface area contributed by atoms with Gasteiger partial charge in [-0.25, -0.2) is 4.79 Å². The van der Waals surface area contributed by atoms with Crippen LogP contribution in [0.5, 0.6) is 5.75 Å². The van der Waals surface area contributed by atoms with Crippen molar-refractivity contribution in [2.75, 3.05) is 31.1 Å². The number of anilines is 1. The van der Waals surface area contributed by atoms with Crippen molar-refractivity contribution >= 4 is 41.1 Å². The summed E-state index contributed by atoms with van der Waals surface area (Å²) < 4.78 is 11.6. The van der Waals surface area contributed by atoms with E-state index in [2.05, 4.69) is 5.32 Å². The summed E-state index contributed by atoms with van der Waals surface area (Å²) in [6.07, 6.45) is 1.40. The van der Waals surface area contributed by atoms with E-state index in [0.717, 1.165) is 12.8 Å². The minimum atomic E-state index is -1.15. The Morgan fingerprint density at radius 2 is 1.93 bits per heavy atom. The molecule has 2 aliphatic rings. The van der Waals surface area contributed by atoms with Crippen molar-refractivity contribution in [2.45, 2.75) is 97.9 Å². The maximum atomic E-state index is 14.1. The Hall–Kier alpha value is -3.01. The third kappa shape index (κ3) is 7.19. The normalized spacial score (nSPS) is 18.6. The maximum Gasteiger partial charge on any atom is 0.410 e. The fourth-order valence-corrected chi connectivity index (χ4v) is 5.28. The van der Waals surface area contributed by atoms with Gasteiger partial charge in [-0.3, -0.25) is 14.4 Å². The van der Waals surface area contributed by atoms with Crippen LogP contribution >= 0.6 is 11.6 Å². The molecule has 0 aromatic heterocycles.